The van der Waals surface area contributed by atoms with E-state index in [2.05, 4.69) is 51.6 Å². The molecule has 1 aliphatic rings. The predicted octanol–water partition coefficient (Wildman–Crippen LogP) is 3.66. The van der Waals surface area contributed by atoms with Crippen LogP contribution < -0.4 is 10.1 Å². The van der Waals surface area contributed by atoms with Gasteiger partial charge in [-0.05, 0) is 23.3 Å². The van der Waals surface area contributed by atoms with Crippen molar-refractivity contribution in [1.82, 2.24) is 15.2 Å². The van der Waals surface area contributed by atoms with Crippen LogP contribution in [0.25, 0.3) is 0 Å². The summed E-state index contributed by atoms with van der Waals surface area (Å²) >= 11 is 0. The number of para-hydroxylation sites is 1. The van der Waals surface area contributed by atoms with Crippen LogP contribution >= 0.6 is 0 Å². The zero-order valence-electron chi connectivity index (χ0n) is 15.4. The van der Waals surface area contributed by atoms with Gasteiger partial charge in [0.05, 0.1) is 6.04 Å². The van der Waals surface area contributed by atoms with E-state index in [4.69, 9.17) is 4.74 Å². The van der Waals surface area contributed by atoms with Crippen LogP contribution in [0.5, 0.6) is 5.75 Å². The Balaban J connectivity index is 1.65. The Labute approximate surface area is 160 Å². The number of hydrogen-bond acceptors (Lipinski definition) is 4. The number of aromatic nitrogens is 1. The molecule has 1 N–H and O–H groups in total. The van der Waals surface area contributed by atoms with E-state index in [1.807, 2.05) is 42.7 Å². The lowest BCUT2D eigenvalue weighted by molar-refractivity contribution is 0.192. The molecule has 138 valence electrons. The van der Waals surface area contributed by atoms with Crippen molar-refractivity contribution < 1.29 is 4.74 Å². The van der Waals surface area contributed by atoms with Gasteiger partial charge in [-0.25, -0.2) is 0 Å². The summed E-state index contributed by atoms with van der Waals surface area (Å²) in [7, 11) is 0. The van der Waals surface area contributed by atoms with Crippen LogP contribution in [0.3, 0.4) is 0 Å². The van der Waals surface area contributed by atoms with Gasteiger partial charge in [0, 0.05) is 44.1 Å². The van der Waals surface area contributed by atoms with Gasteiger partial charge in [-0.3, -0.25) is 9.88 Å². The fourth-order valence-corrected chi connectivity index (χ4v) is 3.64. The zero-order chi connectivity index (χ0) is 18.3. The number of hydrogen-bond donors (Lipinski definition) is 1. The van der Waals surface area contributed by atoms with Crippen LogP contribution in [0.1, 0.15) is 22.7 Å². The first-order chi connectivity index (χ1) is 13.4. The molecule has 3 aromatic rings. The highest BCUT2D eigenvalue weighted by Crippen LogP contribution is 2.35. The van der Waals surface area contributed by atoms with Crippen LogP contribution in [0.15, 0.2) is 79.1 Å². The monoisotopic (exact) mass is 359 g/mol. The van der Waals surface area contributed by atoms with Crippen molar-refractivity contribution in [3.63, 3.8) is 0 Å². The lowest BCUT2D eigenvalue weighted by atomic mass is 9.97. The summed E-state index contributed by atoms with van der Waals surface area (Å²) in [6.07, 6.45) is 3.80. The minimum absolute atomic E-state index is 0.146. The third-order valence-electron chi connectivity index (χ3n) is 4.97. The minimum atomic E-state index is 0.146. The molecule has 4 heteroatoms. The molecule has 1 saturated heterocycles. The lowest BCUT2D eigenvalue weighted by Gasteiger charge is -2.36. The van der Waals surface area contributed by atoms with Crippen molar-refractivity contribution in [2.24, 2.45) is 0 Å². The maximum atomic E-state index is 6.25. The van der Waals surface area contributed by atoms with E-state index in [1.54, 1.807) is 0 Å². The number of piperazine rings is 1. The largest absolute Gasteiger partial charge is 0.489 e. The standard InChI is InChI=1S/C23H25N3O/c1-2-7-19(8-3-1)18-27-22-11-5-4-10-21(22)23(20-9-6-12-25-17-20)26-15-13-24-14-16-26/h1-12,17,23-24H,13-16,18H2. The van der Waals surface area contributed by atoms with Gasteiger partial charge in [-0.15, -0.1) is 0 Å². The normalized spacial score (nSPS) is 16.0. The molecule has 0 aliphatic carbocycles. The van der Waals surface area contributed by atoms with Gasteiger partial charge in [0.25, 0.3) is 0 Å². The Bertz CT molecular complexity index is 833. The van der Waals surface area contributed by atoms with E-state index < -0.39 is 0 Å². The third-order valence-corrected chi connectivity index (χ3v) is 4.97. The smallest absolute Gasteiger partial charge is 0.124 e. The van der Waals surface area contributed by atoms with Crippen molar-refractivity contribution in [3.8, 4) is 5.75 Å². The van der Waals surface area contributed by atoms with Gasteiger partial charge in [-0.2, -0.15) is 0 Å². The summed E-state index contributed by atoms with van der Waals surface area (Å²) in [5.41, 5.74) is 3.57. The summed E-state index contributed by atoms with van der Waals surface area (Å²) in [5.74, 6) is 0.939. The van der Waals surface area contributed by atoms with Gasteiger partial charge in [-0.1, -0.05) is 54.6 Å². The molecule has 1 aromatic heterocycles. The summed E-state index contributed by atoms with van der Waals surface area (Å²) < 4.78 is 6.25. The highest BCUT2D eigenvalue weighted by Gasteiger charge is 2.26. The summed E-state index contributed by atoms with van der Waals surface area (Å²) in [4.78, 5) is 6.88. The van der Waals surface area contributed by atoms with Crippen LogP contribution in [-0.4, -0.2) is 36.1 Å². The maximum absolute atomic E-state index is 6.25. The molecule has 1 atom stereocenters. The SMILES string of the molecule is c1ccc(COc2ccccc2C(c2cccnc2)N2CCNCC2)cc1. The first-order valence-electron chi connectivity index (χ1n) is 9.52. The number of pyridine rings is 1. The number of rotatable bonds is 6. The van der Waals surface area contributed by atoms with Crippen molar-refractivity contribution in [2.45, 2.75) is 12.6 Å². The third kappa shape index (κ3) is 4.35. The van der Waals surface area contributed by atoms with Crippen LogP contribution in [0.4, 0.5) is 0 Å². The van der Waals surface area contributed by atoms with Crippen LogP contribution in [-0.2, 0) is 6.61 Å². The zero-order valence-corrected chi connectivity index (χ0v) is 15.4. The van der Waals surface area contributed by atoms with E-state index in [0.29, 0.717) is 6.61 Å². The first-order valence-corrected chi connectivity index (χ1v) is 9.52. The quantitative estimate of drug-likeness (QED) is 0.729. The van der Waals surface area contributed by atoms with Crippen molar-refractivity contribution in [1.29, 1.82) is 0 Å². The van der Waals surface area contributed by atoms with E-state index in [9.17, 15) is 0 Å². The van der Waals surface area contributed by atoms with Crippen molar-refractivity contribution in [2.75, 3.05) is 26.2 Å². The Hall–Kier alpha value is -2.69. The van der Waals surface area contributed by atoms with Gasteiger partial charge in [0.1, 0.15) is 12.4 Å². The Morgan fingerprint density at radius 2 is 1.70 bits per heavy atom. The van der Waals surface area contributed by atoms with E-state index >= 15 is 0 Å². The second kappa shape index (κ2) is 8.80. The van der Waals surface area contributed by atoms with E-state index in [-0.39, 0.29) is 6.04 Å². The van der Waals surface area contributed by atoms with Crippen molar-refractivity contribution >= 4 is 0 Å². The van der Waals surface area contributed by atoms with Gasteiger partial charge in [0.15, 0.2) is 0 Å². The molecule has 0 spiro atoms. The lowest BCUT2D eigenvalue weighted by Crippen LogP contribution is -2.45. The minimum Gasteiger partial charge on any atom is -0.489 e. The molecule has 0 radical (unpaired) electrons. The maximum Gasteiger partial charge on any atom is 0.124 e. The molecule has 1 unspecified atom stereocenters. The molecule has 2 aromatic carbocycles. The van der Waals surface area contributed by atoms with E-state index in [0.717, 1.165) is 31.9 Å². The number of nitrogens with zero attached hydrogens (tertiary/aromatic N) is 2. The highest BCUT2D eigenvalue weighted by molar-refractivity contribution is 5.41. The molecule has 1 fully saturated rings. The predicted molar refractivity (Wildman–Crippen MR) is 108 cm³/mol. The molecule has 0 bridgehead atoms. The average Bonchev–Trinajstić information content (AvgIpc) is 2.76. The number of nitrogens with one attached hydrogen (secondary N) is 1. The average molecular weight is 359 g/mol. The molecule has 0 saturated carbocycles. The molecular weight excluding hydrogens is 334 g/mol. The number of ether oxygens (including phenoxy) is 1. The van der Waals surface area contributed by atoms with Crippen LogP contribution in [0.2, 0.25) is 0 Å². The summed E-state index contributed by atoms with van der Waals surface area (Å²) in [6, 6.07) is 23.0. The molecule has 4 rings (SSSR count). The van der Waals surface area contributed by atoms with Gasteiger partial charge >= 0.3 is 0 Å². The molecule has 0 amide bonds. The van der Waals surface area contributed by atoms with Crippen LogP contribution in [0, 0.1) is 0 Å². The summed E-state index contributed by atoms with van der Waals surface area (Å²) in [5, 5.41) is 3.45. The Morgan fingerprint density at radius 1 is 0.926 bits per heavy atom. The summed E-state index contributed by atoms with van der Waals surface area (Å²) in [6.45, 7) is 4.59. The van der Waals surface area contributed by atoms with Crippen molar-refractivity contribution in [3.05, 3.63) is 95.8 Å². The molecule has 4 nitrogen and oxygen atoms in total. The van der Waals surface area contributed by atoms with Gasteiger partial charge in [0.2, 0.25) is 0 Å². The Morgan fingerprint density at radius 3 is 2.48 bits per heavy atom. The van der Waals surface area contributed by atoms with E-state index in [1.165, 1.54) is 16.7 Å². The number of benzene rings is 2. The fraction of sp³-hybridized carbons (Fsp3) is 0.261. The highest BCUT2D eigenvalue weighted by atomic mass is 16.5. The second-order valence-corrected chi connectivity index (χ2v) is 6.79. The molecular formula is C23H25N3O. The topological polar surface area (TPSA) is 37.4 Å². The first kappa shape index (κ1) is 17.7. The molecule has 2 heterocycles. The molecule has 1 aliphatic heterocycles. The van der Waals surface area contributed by atoms with Gasteiger partial charge < -0.3 is 10.1 Å². The fourth-order valence-electron chi connectivity index (χ4n) is 3.64. The second-order valence-electron chi connectivity index (χ2n) is 6.79. The molecule has 27 heavy (non-hydrogen) atoms. The Kier molecular flexibility index (Phi) is 5.77.